The molecule has 0 radical (unpaired) electrons. The molecule has 1 aromatic rings. The van der Waals surface area contributed by atoms with E-state index in [2.05, 4.69) is 0 Å². The highest BCUT2D eigenvalue weighted by Crippen LogP contribution is 2.23. The quantitative estimate of drug-likeness (QED) is 0.516. The number of rotatable bonds is 2. The predicted octanol–water partition coefficient (Wildman–Crippen LogP) is 3.42. The lowest BCUT2D eigenvalue weighted by molar-refractivity contribution is 0.303. The maximum Gasteiger partial charge on any atom is 0.303 e. The van der Waals surface area contributed by atoms with Gasteiger partial charge in [-0.25, -0.2) is 0 Å². The van der Waals surface area contributed by atoms with Crippen LogP contribution in [-0.2, 0) is 0 Å². The van der Waals surface area contributed by atoms with Gasteiger partial charge >= 0.3 is 6.01 Å². The van der Waals surface area contributed by atoms with Crippen molar-refractivity contribution in [2.45, 2.75) is 0 Å². The number of nitrogen functional groups attached to an aromatic ring is 1. The molecule has 0 atom stereocenters. The summed E-state index contributed by atoms with van der Waals surface area (Å²) in [7, 11) is 0. The fourth-order valence-electron chi connectivity index (χ4n) is 0.678. The lowest BCUT2D eigenvalue weighted by atomic mass is 10.3. The second kappa shape index (κ2) is 4.66. The molecule has 2 N–H and O–H groups in total. The molecule has 5 heteroatoms. The van der Waals surface area contributed by atoms with Gasteiger partial charge in [-0.05, 0) is 46.9 Å². The molecule has 2 nitrogen and oxygen atoms in total. The van der Waals surface area contributed by atoms with Gasteiger partial charge in [0.25, 0.3) is 0 Å². The monoisotopic (exact) mass is 313 g/mol. The van der Waals surface area contributed by atoms with Crippen LogP contribution in [0.2, 0.25) is 0 Å². The van der Waals surface area contributed by atoms with Gasteiger partial charge in [-0.15, -0.1) is 0 Å². The third-order valence-electron chi connectivity index (χ3n) is 1.24. The van der Waals surface area contributed by atoms with Gasteiger partial charge in [-0.3, -0.25) is 0 Å². The molecule has 0 saturated carbocycles. The molecule has 0 aromatic heterocycles. The van der Waals surface area contributed by atoms with E-state index >= 15 is 0 Å². The molecule has 0 heterocycles. The molecule has 0 spiro atoms. The Bertz CT molecular complexity index is 321. The van der Waals surface area contributed by atoms with Crippen LogP contribution in [0.1, 0.15) is 0 Å². The summed E-state index contributed by atoms with van der Waals surface area (Å²) in [6, 6.07) is 5.54. The van der Waals surface area contributed by atoms with Crippen molar-refractivity contribution in [3.05, 3.63) is 33.3 Å². The molecule has 0 aliphatic heterocycles. The van der Waals surface area contributed by atoms with Crippen molar-refractivity contribution >= 4 is 39.9 Å². The maximum absolute atomic E-state index is 12.8. The lowest BCUT2D eigenvalue weighted by Crippen LogP contribution is -1.90. The first kappa shape index (κ1) is 10.6. The summed E-state index contributed by atoms with van der Waals surface area (Å²) >= 11 is 6.97. The molecule has 0 amide bonds. The topological polar surface area (TPSA) is 35.2 Å². The second-order valence-electron chi connectivity index (χ2n) is 2.21. The largest absolute Gasteiger partial charge is 0.430 e. The average molecular weight is 313 g/mol. The number of hydrogen-bond donors (Lipinski definition) is 1. The average Bonchev–Trinajstić information content (AvgIpc) is 2.08. The highest BCUT2D eigenvalue weighted by Gasteiger charge is 2.02. The predicted molar refractivity (Wildman–Crippen MR) is 59.5 cm³/mol. The van der Waals surface area contributed by atoms with Crippen LogP contribution >= 0.6 is 34.2 Å². The Morgan fingerprint density at radius 1 is 1.38 bits per heavy atom. The van der Waals surface area contributed by atoms with Crippen molar-refractivity contribution in [2.75, 3.05) is 5.73 Å². The van der Waals surface area contributed by atoms with Crippen LogP contribution in [0.4, 0.5) is 10.1 Å². The summed E-state index contributed by atoms with van der Waals surface area (Å²) in [6.45, 7) is 0. The molecular weight excluding hydrogens is 307 g/mol. The minimum atomic E-state index is -0.813. The smallest absolute Gasteiger partial charge is 0.303 e. The zero-order valence-electron chi connectivity index (χ0n) is 6.43. The van der Waals surface area contributed by atoms with Crippen LogP contribution in [0.5, 0.6) is 5.75 Å². The number of benzene rings is 1. The number of anilines is 1. The summed E-state index contributed by atoms with van der Waals surface area (Å²) < 4.78 is 17.5. The molecule has 0 fully saturated rings. The standard InChI is InChI=1S/C8H6ClFINO/c9-7(11)8(10)13-6-3-1-5(12)2-4-6/h1-4H,12H2/b8-7-. The van der Waals surface area contributed by atoms with Gasteiger partial charge in [0, 0.05) is 5.69 Å². The molecule has 0 aliphatic rings. The van der Waals surface area contributed by atoms with Crippen LogP contribution in [0.15, 0.2) is 33.3 Å². The molecule has 13 heavy (non-hydrogen) atoms. The first-order valence-corrected chi connectivity index (χ1v) is 4.79. The second-order valence-corrected chi connectivity index (χ2v) is 4.30. The van der Waals surface area contributed by atoms with Gasteiger partial charge in [-0.2, -0.15) is 4.39 Å². The molecule has 0 aliphatic carbocycles. The fourth-order valence-corrected chi connectivity index (χ4v) is 0.827. The SMILES string of the molecule is Nc1ccc(O/C(F)=C(/Cl)I)cc1. The first-order valence-electron chi connectivity index (χ1n) is 3.34. The minimum Gasteiger partial charge on any atom is -0.430 e. The van der Waals surface area contributed by atoms with E-state index in [1.54, 1.807) is 46.9 Å². The number of hydrogen-bond acceptors (Lipinski definition) is 2. The molecule has 1 rings (SSSR count). The van der Waals surface area contributed by atoms with E-state index in [0.717, 1.165) is 0 Å². The van der Waals surface area contributed by atoms with Gasteiger partial charge in [0.15, 0.2) is 3.04 Å². The van der Waals surface area contributed by atoms with E-state index in [9.17, 15) is 4.39 Å². The summed E-state index contributed by atoms with van der Waals surface area (Å²) in [5.74, 6) is 0.363. The van der Waals surface area contributed by atoms with Crippen molar-refractivity contribution in [1.82, 2.24) is 0 Å². The van der Waals surface area contributed by atoms with Crippen LogP contribution in [0, 0.1) is 0 Å². The minimum absolute atomic E-state index is 0.0468. The Morgan fingerprint density at radius 3 is 2.38 bits per heavy atom. The number of nitrogens with two attached hydrogens (primary N) is 1. The summed E-state index contributed by atoms with van der Waals surface area (Å²) in [5.41, 5.74) is 6.02. The third-order valence-corrected chi connectivity index (χ3v) is 1.81. The summed E-state index contributed by atoms with van der Waals surface area (Å²) in [4.78, 5) is 0. The van der Waals surface area contributed by atoms with E-state index in [0.29, 0.717) is 11.4 Å². The molecule has 0 saturated heterocycles. The van der Waals surface area contributed by atoms with Gasteiger partial charge in [-0.1, -0.05) is 11.6 Å². The zero-order chi connectivity index (χ0) is 9.84. The van der Waals surface area contributed by atoms with Gasteiger partial charge in [0.2, 0.25) is 0 Å². The van der Waals surface area contributed by atoms with Crippen molar-refractivity contribution in [3.8, 4) is 5.75 Å². The van der Waals surface area contributed by atoms with Crippen molar-refractivity contribution < 1.29 is 9.13 Å². The Hall–Kier alpha value is -0.490. The highest BCUT2D eigenvalue weighted by molar-refractivity contribution is 14.1. The van der Waals surface area contributed by atoms with Crippen molar-refractivity contribution in [2.24, 2.45) is 0 Å². The van der Waals surface area contributed by atoms with E-state index in [4.69, 9.17) is 22.1 Å². The summed E-state index contributed by atoms with van der Waals surface area (Å²) in [6.07, 6.45) is 0. The van der Waals surface area contributed by atoms with E-state index in [1.165, 1.54) is 0 Å². The Kier molecular flexibility index (Phi) is 3.80. The van der Waals surface area contributed by atoms with Crippen LogP contribution in [-0.4, -0.2) is 0 Å². The highest BCUT2D eigenvalue weighted by atomic mass is 127. The van der Waals surface area contributed by atoms with E-state index < -0.39 is 6.01 Å². The van der Waals surface area contributed by atoms with E-state index in [-0.39, 0.29) is 3.04 Å². The number of halogens is 3. The van der Waals surface area contributed by atoms with Crippen LogP contribution in [0.25, 0.3) is 0 Å². The zero-order valence-corrected chi connectivity index (χ0v) is 9.34. The molecule has 70 valence electrons. The Balaban J connectivity index is 2.76. The maximum atomic E-state index is 12.8. The Labute approximate surface area is 93.7 Å². The van der Waals surface area contributed by atoms with E-state index in [1.807, 2.05) is 0 Å². The first-order chi connectivity index (χ1) is 6.09. The third kappa shape index (κ3) is 3.40. The summed E-state index contributed by atoms with van der Waals surface area (Å²) in [5, 5.41) is 0. The molecule has 0 bridgehead atoms. The van der Waals surface area contributed by atoms with Gasteiger partial charge in [0.1, 0.15) is 5.75 Å². The van der Waals surface area contributed by atoms with Crippen molar-refractivity contribution in [1.29, 1.82) is 0 Å². The van der Waals surface area contributed by atoms with Crippen LogP contribution < -0.4 is 10.5 Å². The van der Waals surface area contributed by atoms with Gasteiger partial charge in [0.05, 0.1) is 0 Å². The lowest BCUT2D eigenvalue weighted by Gasteiger charge is -2.02. The number of ether oxygens (including phenoxy) is 1. The molecule has 0 unspecified atom stereocenters. The van der Waals surface area contributed by atoms with Gasteiger partial charge < -0.3 is 10.5 Å². The van der Waals surface area contributed by atoms with Crippen LogP contribution in [0.3, 0.4) is 0 Å². The fraction of sp³-hybridized carbons (Fsp3) is 0. The molecule has 1 aromatic carbocycles. The normalized spacial score (nSPS) is 12.2. The Morgan fingerprint density at radius 2 is 1.92 bits per heavy atom. The van der Waals surface area contributed by atoms with Crippen molar-refractivity contribution in [3.63, 3.8) is 0 Å². The molecular formula is C8H6ClFINO.